The Balaban J connectivity index is 1.51. The van der Waals surface area contributed by atoms with Crippen LogP contribution in [0.15, 0.2) is 51.4 Å². The van der Waals surface area contributed by atoms with Crippen LogP contribution in [0.5, 0.6) is 0 Å². The van der Waals surface area contributed by atoms with Gasteiger partial charge in [0.05, 0.1) is 4.90 Å². The molecule has 1 fully saturated rings. The first kappa shape index (κ1) is 19.3. The third kappa shape index (κ3) is 4.02. The van der Waals surface area contributed by atoms with Crippen LogP contribution in [0.4, 0.5) is 5.69 Å². The van der Waals surface area contributed by atoms with Gasteiger partial charge in [-0.1, -0.05) is 12.5 Å². The summed E-state index contributed by atoms with van der Waals surface area (Å²) in [6, 6.07) is 8.36. The SMILES string of the molecule is O=C(Nc1cccc(S(=O)(=O)N2CCCCC2)c1)c1csc(-c2ccsc2)n1. The Morgan fingerprint density at radius 2 is 1.93 bits per heavy atom. The molecule has 6 nitrogen and oxygen atoms in total. The zero-order valence-electron chi connectivity index (χ0n) is 15.0. The summed E-state index contributed by atoms with van der Waals surface area (Å²) in [4.78, 5) is 17.1. The van der Waals surface area contributed by atoms with Crippen molar-refractivity contribution in [1.82, 2.24) is 9.29 Å². The number of nitrogens with one attached hydrogen (secondary N) is 1. The second kappa shape index (κ2) is 8.12. The number of rotatable bonds is 5. The van der Waals surface area contributed by atoms with Gasteiger partial charge in [0.25, 0.3) is 5.91 Å². The number of nitrogens with zero attached hydrogens (tertiary/aromatic N) is 2. The van der Waals surface area contributed by atoms with E-state index in [1.807, 2.05) is 16.8 Å². The first-order valence-electron chi connectivity index (χ1n) is 8.94. The average Bonchev–Trinajstić information content (AvgIpc) is 3.40. The molecule has 0 radical (unpaired) electrons. The van der Waals surface area contributed by atoms with Gasteiger partial charge in [-0.25, -0.2) is 13.4 Å². The van der Waals surface area contributed by atoms with Crippen LogP contribution in [0.1, 0.15) is 29.8 Å². The van der Waals surface area contributed by atoms with Crippen molar-refractivity contribution in [3.63, 3.8) is 0 Å². The highest BCUT2D eigenvalue weighted by atomic mass is 32.2. The van der Waals surface area contributed by atoms with Crippen molar-refractivity contribution in [2.75, 3.05) is 18.4 Å². The van der Waals surface area contributed by atoms with Crippen molar-refractivity contribution in [2.24, 2.45) is 0 Å². The summed E-state index contributed by atoms with van der Waals surface area (Å²) in [5.41, 5.74) is 1.74. The number of anilines is 1. The largest absolute Gasteiger partial charge is 0.321 e. The lowest BCUT2D eigenvalue weighted by molar-refractivity contribution is 0.102. The molecule has 1 N–H and O–H groups in total. The van der Waals surface area contributed by atoms with Crippen molar-refractivity contribution in [3.05, 3.63) is 52.2 Å². The number of aromatic nitrogens is 1. The number of hydrogen-bond donors (Lipinski definition) is 1. The number of benzene rings is 1. The number of amides is 1. The van der Waals surface area contributed by atoms with Crippen LogP contribution in [-0.2, 0) is 10.0 Å². The van der Waals surface area contributed by atoms with E-state index in [9.17, 15) is 13.2 Å². The summed E-state index contributed by atoms with van der Waals surface area (Å²) in [7, 11) is -3.54. The van der Waals surface area contributed by atoms with Crippen molar-refractivity contribution < 1.29 is 13.2 Å². The Hall–Kier alpha value is -2.07. The number of piperidine rings is 1. The minimum atomic E-state index is -3.54. The monoisotopic (exact) mass is 433 g/mol. The van der Waals surface area contributed by atoms with Crippen molar-refractivity contribution in [3.8, 4) is 10.6 Å². The lowest BCUT2D eigenvalue weighted by atomic mass is 10.2. The van der Waals surface area contributed by atoms with Crippen LogP contribution in [-0.4, -0.2) is 36.7 Å². The summed E-state index contributed by atoms with van der Waals surface area (Å²) in [5.74, 6) is -0.356. The number of carbonyl (C=O) groups excluding carboxylic acids is 1. The predicted molar refractivity (Wildman–Crippen MR) is 112 cm³/mol. The smallest absolute Gasteiger partial charge is 0.275 e. The highest BCUT2D eigenvalue weighted by Crippen LogP contribution is 2.27. The summed E-state index contributed by atoms with van der Waals surface area (Å²) in [6.45, 7) is 1.09. The minimum Gasteiger partial charge on any atom is -0.321 e. The number of sulfonamides is 1. The van der Waals surface area contributed by atoms with E-state index >= 15 is 0 Å². The molecule has 4 rings (SSSR count). The predicted octanol–water partition coefficient (Wildman–Crippen LogP) is 4.30. The highest BCUT2D eigenvalue weighted by Gasteiger charge is 2.26. The van der Waals surface area contributed by atoms with Crippen molar-refractivity contribution in [1.29, 1.82) is 0 Å². The molecule has 0 aliphatic carbocycles. The second-order valence-corrected chi connectivity index (χ2v) is 10.1. The van der Waals surface area contributed by atoms with Crippen molar-refractivity contribution >= 4 is 44.3 Å². The van der Waals surface area contributed by atoms with Gasteiger partial charge in [0, 0.05) is 35.1 Å². The molecule has 1 aromatic carbocycles. The van der Waals surface area contributed by atoms with Crippen molar-refractivity contribution in [2.45, 2.75) is 24.2 Å². The first-order valence-corrected chi connectivity index (χ1v) is 12.2. The van der Waals surface area contributed by atoms with Gasteiger partial charge in [0.2, 0.25) is 10.0 Å². The molecule has 1 aliphatic heterocycles. The van der Waals surface area contributed by atoms with E-state index < -0.39 is 10.0 Å². The van der Waals surface area contributed by atoms with Crippen LogP contribution < -0.4 is 5.32 Å². The molecule has 0 saturated carbocycles. The molecule has 1 amide bonds. The van der Waals surface area contributed by atoms with E-state index in [0.29, 0.717) is 24.5 Å². The molecule has 0 unspecified atom stereocenters. The summed E-state index contributed by atoms with van der Waals surface area (Å²) in [5, 5.41) is 9.19. The third-order valence-corrected chi connectivity index (χ3v) is 8.02. The molecule has 28 heavy (non-hydrogen) atoms. The lowest BCUT2D eigenvalue weighted by Gasteiger charge is -2.26. The molecular formula is C19H19N3O3S3. The Labute approximate surface area is 171 Å². The van der Waals surface area contributed by atoms with Gasteiger partial charge in [-0.2, -0.15) is 15.6 Å². The van der Waals surface area contributed by atoms with Gasteiger partial charge in [-0.3, -0.25) is 4.79 Å². The number of hydrogen-bond acceptors (Lipinski definition) is 6. The standard InChI is InChI=1S/C19H19N3O3S3/c23-18(17-13-27-19(21-17)14-7-10-26-12-14)20-15-5-4-6-16(11-15)28(24,25)22-8-2-1-3-9-22/h4-7,10-13H,1-3,8-9H2,(H,20,23). The summed E-state index contributed by atoms with van der Waals surface area (Å²) in [6.07, 6.45) is 2.82. The van der Waals surface area contributed by atoms with Crippen LogP contribution in [0.3, 0.4) is 0 Å². The third-order valence-electron chi connectivity index (χ3n) is 4.55. The molecule has 3 aromatic rings. The van der Waals surface area contributed by atoms with E-state index in [0.717, 1.165) is 29.8 Å². The Bertz CT molecular complexity index is 1070. The maximum atomic E-state index is 12.8. The Morgan fingerprint density at radius 3 is 2.68 bits per heavy atom. The number of thiazole rings is 1. The molecular weight excluding hydrogens is 414 g/mol. The van der Waals surface area contributed by atoms with Crippen LogP contribution in [0.25, 0.3) is 10.6 Å². The van der Waals surface area contributed by atoms with Gasteiger partial charge >= 0.3 is 0 Å². The molecule has 0 atom stereocenters. The van der Waals surface area contributed by atoms with Gasteiger partial charge in [-0.05, 0) is 42.5 Å². The van der Waals surface area contributed by atoms with E-state index in [1.54, 1.807) is 34.9 Å². The fourth-order valence-corrected chi connectivity index (χ4v) is 6.16. The van der Waals surface area contributed by atoms with Gasteiger partial charge in [0.1, 0.15) is 10.7 Å². The van der Waals surface area contributed by atoms with E-state index in [1.165, 1.54) is 21.7 Å². The Kier molecular flexibility index (Phi) is 5.58. The summed E-state index contributed by atoms with van der Waals surface area (Å²) >= 11 is 2.98. The molecule has 3 heterocycles. The lowest BCUT2D eigenvalue weighted by Crippen LogP contribution is -2.35. The molecule has 1 aliphatic rings. The second-order valence-electron chi connectivity index (χ2n) is 6.50. The topological polar surface area (TPSA) is 79.4 Å². The van der Waals surface area contributed by atoms with E-state index in [2.05, 4.69) is 10.3 Å². The maximum Gasteiger partial charge on any atom is 0.275 e. The van der Waals surface area contributed by atoms with Gasteiger partial charge in [-0.15, -0.1) is 11.3 Å². The maximum absolute atomic E-state index is 12.8. The molecule has 1 saturated heterocycles. The number of thiophene rings is 1. The quantitative estimate of drug-likeness (QED) is 0.651. The van der Waals surface area contributed by atoms with Crippen LogP contribution >= 0.6 is 22.7 Å². The highest BCUT2D eigenvalue weighted by molar-refractivity contribution is 7.89. The number of carbonyl (C=O) groups is 1. The fraction of sp³-hybridized carbons (Fsp3) is 0.263. The van der Waals surface area contributed by atoms with Crippen LogP contribution in [0.2, 0.25) is 0 Å². The molecule has 0 spiro atoms. The van der Waals surface area contributed by atoms with Gasteiger partial charge < -0.3 is 5.32 Å². The zero-order chi connectivity index (χ0) is 19.6. The Morgan fingerprint density at radius 1 is 1.11 bits per heavy atom. The van der Waals surface area contributed by atoms with Crippen LogP contribution in [0, 0.1) is 0 Å². The normalized spacial score (nSPS) is 15.4. The van der Waals surface area contributed by atoms with E-state index in [4.69, 9.17) is 0 Å². The molecule has 0 bridgehead atoms. The summed E-state index contributed by atoms with van der Waals surface area (Å²) < 4.78 is 27.2. The zero-order valence-corrected chi connectivity index (χ0v) is 17.4. The first-order chi connectivity index (χ1) is 13.5. The molecule has 146 valence electrons. The minimum absolute atomic E-state index is 0.199. The molecule has 2 aromatic heterocycles. The molecule has 9 heteroatoms. The van der Waals surface area contributed by atoms with E-state index in [-0.39, 0.29) is 10.8 Å². The fourth-order valence-electron chi connectivity index (χ4n) is 3.08. The van der Waals surface area contributed by atoms with Gasteiger partial charge in [0.15, 0.2) is 0 Å². The average molecular weight is 434 g/mol.